The summed E-state index contributed by atoms with van der Waals surface area (Å²) in [5.74, 6) is -0.413. The lowest BCUT2D eigenvalue weighted by Crippen LogP contribution is -2.19. The van der Waals surface area contributed by atoms with Crippen LogP contribution in [0.25, 0.3) is 16.9 Å². The number of amides is 1. The van der Waals surface area contributed by atoms with Crippen LogP contribution in [0.15, 0.2) is 48.8 Å². The second-order valence-electron chi connectivity index (χ2n) is 7.92. The predicted molar refractivity (Wildman–Crippen MR) is 118 cm³/mol. The Balaban J connectivity index is 1.46. The monoisotopic (exact) mass is 484 g/mol. The summed E-state index contributed by atoms with van der Waals surface area (Å²) >= 11 is 0. The highest BCUT2D eigenvalue weighted by atomic mass is 19.4. The van der Waals surface area contributed by atoms with E-state index in [0.717, 1.165) is 6.07 Å². The van der Waals surface area contributed by atoms with Crippen molar-refractivity contribution < 1.29 is 27.4 Å². The Morgan fingerprint density at radius 3 is 2.83 bits per heavy atom. The number of imidazole rings is 1. The van der Waals surface area contributed by atoms with Gasteiger partial charge in [0, 0.05) is 18.2 Å². The molecule has 1 saturated heterocycles. The largest absolute Gasteiger partial charge is 0.458 e. The summed E-state index contributed by atoms with van der Waals surface area (Å²) in [5, 5.41) is 6.95. The minimum atomic E-state index is -4.56. The number of alkyl halides is 3. The van der Waals surface area contributed by atoms with Crippen LogP contribution in [0.5, 0.6) is 6.01 Å². The Kier molecular flexibility index (Phi) is 5.81. The van der Waals surface area contributed by atoms with Crippen molar-refractivity contribution in [3.05, 3.63) is 65.6 Å². The number of hydrogen-bond acceptors (Lipinski definition) is 7. The second kappa shape index (κ2) is 8.95. The third-order valence-electron chi connectivity index (χ3n) is 5.43. The first kappa shape index (κ1) is 22.7. The van der Waals surface area contributed by atoms with Crippen LogP contribution in [0.2, 0.25) is 0 Å². The molecule has 1 atom stereocenters. The molecule has 1 N–H and O–H groups in total. The molecular formula is C23H19F3N6O3. The standard InChI is InChI=1S/C23H19F3N6O3/c1-13-10-17(15-4-2-3-5-16(15)23(24,25)26)31-32-18(11-28-20(13)32)21(33)29-19-6-8-27-22(30-19)35-14-7-9-34-12-14/h2-6,8,10-11,14H,7,9,12H2,1H3,(H,27,29,30,33)/t14-/m0/s1. The van der Waals surface area contributed by atoms with Gasteiger partial charge in [0.25, 0.3) is 5.91 Å². The topological polar surface area (TPSA) is 104 Å². The van der Waals surface area contributed by atoms with Gasteiger partial charge in [-0.05, 0) is 30.7 Å². The molecule has 35 heavy (non-hydrogen) atoms. The van der Waals surface area contributed by atoms with Gasteiger partial charge in [-0.2, -0.15) is 23.3 Å². The molecule has 1 aliphatic rings. The van der Waals surface area contributed by atoms with E-state index in [1.165, 1.54) is 47.2 Å². The van der Waals surface area contributed by atoms with Crippen molar-refractivity contribution in [3.8, 4) is 17.3 Å². The summed E-state index contributed by atoms with van der Waals surface area (Å²) < 4.78 is 52.8. The lowest BCUT2D eigenvalue weighted by Gasteiger charge is -2.13. The fraction of sp³-hybridized carbons (Fsp3) is 0.261. The molecule has 0 aliphatic carbocycles. The quantitative estimate of drug-likeness (QED) is 0.458. The molecular weight excluding hydrogens is 465 g/mol. The Bertz CT molecular complexity index is 1400. The first-order valence-electron chi connectivity index (χ1n) is 10.7. The Labute approximate surface area is 196 Å². The van der Waals surface area contributed by atoms with Gasteiger partial charge in [0.2, 0.25) is 0 Å². The van der Waals surface area contributed by atoms with Gasteiger partial charge in [-0.3, -0.25) is 4.79 Å². The average Bonchev–Trinajstić information content (AvgIpc) is 3.49. The van der Waals surface area contributed by atoms with E-state index in [2.05, 4.69) is 25.4 Å². The van der Waals surface area contributed by atoms with E-state index >= 15 is 0 Å². The number of hydrogen-bond donors (Lipinski definition) is 1. The summed E-state index contributed by atoms with van der Waals surface area (Å²) in [6.07, 6.45) is -1.26. The van der Waals surface area contributed by atoms with Crippen molar-refractivity contribution in [2.75, 3.05) is 18.5 Å². The second-order valence-corrected chi connectivity index (χ2v) is 7.92. The number of carbonyl (C=O) groups excluding carboxylic acids is 1. The van der Waals surface area contributed by atoms with E-state index in [0.29, 0.717) is 30.8 Å². The van der Waals surface area contributed by atoms with Crippen molar-refractivity contribution in [1.82, 2.24) is 24.6 Å². The number of nitrogens with zero attached hydrogens (tertiary/aromatic N) is 5. The van der Waals surface area contributed by atoms with E-state index in [1.807, 2.05) is 0 Å². The predicted octanol–water partition coefficient (Wildman–Crippen LogP) is 3.93. The van der Waals surface area contributed by atoms with Crippen LogP contribution in [0, 0.1) is 6.92 Å². The Morgan fingerprint density at radius 2 is 2.06 bits per heavy atom. The number of benzene rings is 1. The minimum Gasteiger partial charge on any atom is -0.458 e. The molecule has 1 fully saturated rings. The van der Waals surface area contributed by atoms with Gasteiger partial charge in [-0.15, -0.1) is 0 Å². The zero-order valence-electron chi connectivity index (χ0n) is 18.4. The van der Waals surface area contributed by atoms with Crippen molar-refractivity contribution in [1.29, 1.82) is 0 Å². The van der Waals surface area contributed by atoms with Gasteiger partial charge >= 0.3 is 12.2 Å². The van der Waals surface area contributed by atoms with Crippen LogP contribution in [0.1, 0.15) is 28.0 Å². The number of carbonyl (C=O) groups is 1. The summed E-state index contributed by atoms with van der Waals surface area (Å²) in [6, 6.07) is 8.23. The third kappa shape index (κ3) is 4.64. The van der Waals surface area contributed by atoms with Gasteiger partial charge in [0.05, 0.1) is 30.7 Å². The number of aromatic nitrogens is 5. The van der Waals surface area contributed by atoms with Gasteiger partial charge in [-0.1, -0.05) is 18.2 Å². The molecule has 0 spiro atoms. The van der Waals surface area contributed by atoms with E-state index in [1.54, 1.807) is 6.92 Å². The van der Waals surface area contributed by atoms with Crippen LogP contribution >= 0.6 is 0 Å². The molecule has 0 radical (unpaired) electrons. The number of nitrogens with one attached hydrogen (secondary N) is 1. The van der Waals surface area contributed by atoms with Crippen molar-refractivity contribution >= 4 is 17.4 Å². The maximum absolute atomic E-state index is 13.6. The molecule has 3 aromatic heterocycles. The minimum absolute atomic E-state index is 0.0275. The van der Waals surface area contributed by atoms with Crippen LogP contribution in [0.4, 0.5) is 19.0 Å². The van der Waals surface area contributed by atoms with E-state index in [4.69, 9.17) is 9.47 Å². The Hall–Kier alpha value is -4.06. The number of rotatable bonds is 5. The summed E-state index contributed by atoms with van der Waals surface area (Å²) in [7, 11) is 0. The molecule has 1 amide bonds. The Morgan fingerprint density at radius 1 is 1.23 bits per heavy atom. The molecule has 5 rings (SSSR count). The first-order valence-corrected chi connectivity index (χ1v) is 10.7. The number of ether oxygens (including phenoxy) is 2. The van der Waals surface area contributed by atoms with Gasteiger partial charge in [0.1, 0.15) is 11.9 Å². The SMILES string of the molecule is Cc1cc(-c2ccccc2C(F)(F)F)nn2c(C(=O)Nc3ccnc(O[C@H]4CCOC4)n3)cnc12. The fourth-order valence-electron chi connectivity index (χ4n) is 3.76. The smallest absolute Gasteiger partial charge is 0.417 e. The van der Waals surface area contributed by atoms with E-state index in [-0.39, 0.29) is 34.9 Å². The van der Waals surface area contributed by atoms with Crippen LogP contribution in [-0.4, -0.2) is 49.8 Å². The number of anilines is 1. The number of fused-ring (bicyclic) bond motifs is 1. The molecule has 0 saturated carbocycles. The van der Waals surface area contributed by atoms with Gasteiger partial charge in [0.15, 0.2) is 11.3 Å². The van der Waals surface area contributed by atoms with Crippen LogP contribution in [0.3, 0.4) is 0 Å². The van der Waals surface area contributed by atoms with Crippen molar-refractivity contribution in [2.24, 2.45) is 0 Å². The van der Waals surface area contributed by atoms with E-state index in [9.17, 15) is 18.0 Å². The van der Waals surface area contributed by atoms with Crippen LogP contribution in [-0.2, 0) is 10.9 Å². The summed E-state index contributed by atoms with van der Waals surface area (Å²) in [5.41, 5.74) is 0.0714. The highest BCUT2D eigenvalue weighted by Gasteiger charge is 2.34. The normalized spacial score (nSPS) is 15.9. The molecule has 4 heterocycles. The number of aryl methyl sites for hydroxylation is 1. The van der Waals surface area contributed by atoms with Crippen molar-refractivity contribution in [3.63, 3.8) is 0 Å². The first-order chi connectivity index (χ1) is 16.8. The molecule has 9 nitrogen and oxygen atoms in total. The molecule has 4 aromatic rings. The zero-order chi connectivity index (χ0) is 24.6. The summed E-state index contributed by atoms with van der Waals surface area (Å²) in [6.45, 7) is 2.72. The number of halogens is 3. The van der Waals surface area contributed by atoms with E-state index < -0.39 is 17.6 Å². The third-order valence-corrected chi connectivity index (χ3v) is 5.43. The molecule has 1 aromatic carbocycles. The molecule has 0 bridgehead atoms. The highest BCUT2D eigenvalue weighted by Crippen LogP contribution is 2.36. The lowest BCUT2D eigenvalue weighted by molar-refractivity contribution is -0.137. The van der Waals surface area contributed by atoms with Crippen molar-refractivity contribution in [2.45, 2.75) is 25.6 Å². The summed E-state index contributed by atoms with van der Waals surface area (Å²) in [4.78, 5) is 25.5. The molecule has 0 unspecified atom stereocenters. The van der Waals surface area contributed by atoms with Gasteiger partial charge < -0.3 is 14.8 Å². The maximum Gasteiger partial charge on any atom is 0.417 e. The average molecular weight is 484 g/mol. The molecule has 180 valence electrons. The van der Waals surface area contributed by atoms with Gasteiger partial charge in [-0.25, -0.2) is 14.5 Å². The highest BCUT2D eigenvalue weighted by molar-refractivity contribution is 6.03. The molecule has 1 aliphatic heterocycles. The van der Waals surface area contributed by atoms with Crippen LogP contribution < -0.4 is 10.1 Å². The fourth-order valence-corrected chi connectivity index (χ4v) is 3.76. The maximum atomic E-state index is 13.6. The lowest BCUT2D eigenvalue weighted by atomic mass is 10.0. The zero-order valence-corrected chi connectivity index (χ0v) is 18.4. The molecule has 12 heteroatoms.